The lowest BCUT2D eigenvalue weighted by molar-refractivity contribution is 1.04. The Hall–Kier alpha value is -1.64. The van der Waals surface area contributed by atoms with Gasteiger partial charge in [-0.2, -0.15) is 5.26 Å². The molecule has 0 atom stereocenters. The fourth-order valence-corrected chi connectivity index (χ4v) is 1.97. The molecule has 90 valence electrons. The molecule has 0 bridgehead atoms. The van der Waals surface area contributed by atoms with E-state index in [0.717, 1.165) is 15.7 Å². The maximum atomic E-state index is 8.77. The summed E-state index contributed by atoms with van der Waals surface area (Å²) in [6.07, 6.45) is 9.29. The smallest absolute Gasteiger partial charge is 0.222 e. The predicted molar refractivity (Wildman–Crippen MR) is 73.6 cm³/mol. The normalized spacial score (nSPS) is 16.1. The Kier molecular flexibility index (Phi) is 4.13. The van der Waals surface area contributed by atoms with Crippen LogP contribution in [-0.4, -0.2) is 9.97 Å². The van der Waals surface area contributed by atoms with Crippen molar-refractivity contribution in [3.05, 3.63) is 51.3 Å². The molecule has 0 aromatic carbocycles. The van der Waals surface area contributed by atoms with Gasteiger partial charge in [0.1, 0.15) is 0 Å². The maximum Gasteiger partial charge on any atom is 0.222 e. The van der Waals surface area contributed by atoms with Crippen LogP contribution in [0.4, 0.5) is 0 Å². The Labute approximate surface area is 118 Å². The summed E-state index contributed by atoms with van der Waals surface area (Å²) in [6, 6.07) is 2.06. The molecule has 0 spiro atoms. The third kappa shape index (κ3) is 2.97. The van der Waals surface area contributed by atoms with E-state index in [1.54, 1.807) is 6.20 Å². The number of hydrogen-bond donors (Lipinski definition) is 1. The van der Waals surface area contributed by atoms with Crippen molar-refractivity contribution in [2.24, 2.45) is 0 Å². The van der Waals surface area contributed by atoms with Gasteiger partial charge in [-0.15, -0.1) is 0 Å². The van der Waals surface area contributed by atoms with Crippen LogP contribution in [0.5, 0.6) is 0 Å². The lowest BCUT2D eigenvalue weighted by Gasteiger charge is -2.10. The van der Waals surface area contributed by atoms with Crippen LogP contribution in [0.15, 0.2) is 34.7 Å². The van der Waals surface area contributed by atoms with Crippen LogP contribution < -0.4 is 5.32 Å². The van der Waals surface area contributed by atoms with Crippen molar-refractivity contribution in [2.75, 3.05) is 0 Å². The van der Waals surface area contributed by atoms with E-state index in [-0.39, 0.29) is 11.7 Å². The van der Waals surface area contributed by atoms with Crippen molar-refractivity contribution < 1.29 is 0 Å². The summed E-state index contributed by atoms with van der Waals surface area (Å²) < 4.78 is 0.919. The Morgan fingerprint density at radius 1 is 1.56 bits per heavy atom. The lowest BCUT2D eigenvalue weighted by Crippen LogP contribution is -2.08. The number of nitrogens with one attached hydrogen (secondary N) is 1. The molecule has 2 heterocycles. The van der Waals surface area contributed by atoms with Gasteiger partial charge < -0.3 is 5.32 Å². The molecule has 4 nitrogen and oxygen atoms in total. The highest BCUT2D eigenvalue weighted by molar-refractivity contribution is 9.12. The number of rotatable bonds is 2. The first-order chi connectivity index (χ1) is 8.70. The van der Waals surface area contributed by atoms with Crippen LogP contribution in [0.1, 0.15) is 11.3 Å². The van der Waals surface area contributed by atoms with E-state index in [0.29, 0.717) is 5.69 Å². The highest BCUT2D eigenvalue weighted by Crippen LogP contribution is 2.21. The highest BCUT2D eigenvalue weighted by Gasteiger charge is 2.08. The molecule has 0 saturated heterocycles. The summed E-state index contributed by atoms with van der Waals surface area (Å²) in [5.74, 6) is 0. The van der Waals surface area contributed by atoms with Crippen LogP contribution >= 0.6 is 27.5 Å². The molecule has 0 fully saturated rings. The van der Waals surface area contributed by atoms with Gasteiger partial charge in [0.05, 0.1) is 23.9 Å². The second kappa shape index (κ2) is 5.80. The molecule has 1 N–H and O–H groups in total. The van der Waals surface area contributed by atoms with Gasteiger partial charge in [0, 0.05) is 22.4 Å². The topological polar surface area (TPSA) is 61.6 Å². The average molecular weight is 324 g/mol. The minimum absolute atomic E-state index is 0.147. The molecule has 0 amide bonds. The summed E-state index contributed by atoms with van der Waals surface area (Å²) in [5.41, 5.74) is 2.26. The largest absolute Gasteiger partial charge is 0.361 e. The zero-order valence-corrected chi connectivity index (χ0v) is 11.5. The monoisotopic (exact) mass is 322 g/mol. The fourth-order valence-electron chi connectivity index (χ4n) is 1.43. The van der Waals surface area contributed by atoms with Crippen LogP contribution in [-0.2, 0) is 6.42 Å². The van der Waals surface area contributed by atoms with Gasteiger partial charge in [-0.05, 0) is 45.8 Å². The first-order valence-electron chi connectivity index (χ1n) is 5.10. The Bertz CT molecular complexity index is 599. The molecule has 1 aliphatic rings. The molecular formula is C12H8BrClN4. The molecule has 1 aromatic rings. The number of nitriles is 1. The molecule has 1 aromatic heterocycles. The minimum atomic E-state index is 0.147. The number of halogens is 2. The van der Waals surface area contributed by atoms with Gasteiger partial charge in [0.25, 0.3) is 0 Å². The number of allylic oxidation sites excluding steroid dienone is 3. The summed E-state index contributed by atoms with van der Waals surface area (Å²) in [5, 5.41) is 12.0. The van der Waals surface area contributed by atoms with Gasteiger partial charge in [0.15, 0.2) is 0 Å². The first kappa shape index (κ1) is 12.8. The van der Waals surface area contributed by atoms with E-state index in [2.05, 4.69) is 37.3 Å². The number of dihydropyridines is 1. The van der Waals surface area contributed by atoms with Crippen LogP contribution in [0.3, 0.4) is 0 Å². The quantitative estimate of drug-likeness (QED) is 0.850. The molecule has 0 aliphatic carbocycles. The summed E-state index contributed by atoms with van der Waals surface area (Å²) in [4.78, 5) is 7.99. The zero-order valence-electron chi connectivity index (χ0n) is 9.19. The van der Waals surface area contributed by atoms with E-state index in [4.69, 9.17) is 16.9 Å². The van der Waals surface area contributed by atoms with Gasteiger partial charge in [-0.3, -0.25) is 0 Å². The van der Waals surface area contributed by atoms with E-state index < -0.39 is 0 Å². The summed E-state index contributed by atoms with van der Waals surface area (Å²) >= 11 is 9.16. The summed E-state index contributed by atoms with van der Waals surface area (Å²) in [7, 11) is 0. The highest BCUT2D eigenvalue weighted by atomic mass is 79.9. The number of hydrogen-bond acceptors (Lipinski definition) is 4. The van der Waals surface area contributed by atoms with Gasteiger partial charge in [0.2, 0.25) is 5.28 Å². The van der Waals surface area contributed by atoms with Crippen LogP contribution in [0.25, 0.3) is 6.08 Å². The standard InChI is InChI=1S/C12H8BrClN4/c13-9-2-1-5-16-11(9)6-8-7-17-12(14)18-10(8)3-4-15/h1-2,5-7,16H,3H2. The molecule has 2 rings (SSSR count). The van der Waals surface area contributed by atoms with E-state index >= 15 is 0 Å². The SMILES string of the molecule is N#CCc1nc(Cl)ncc1C=C1NC=CC=C1Br. The second-order valence-electron chi connectivity index (χ2n) is 3.45. The van der Waals surface area contributed by atoms with Gasteiger partial charge in [-0.25, -0.2) is 9.97 Å². The minimum Gasteiger partial charge on any atom is -0.361 e. The van der Waals surface area contributed by atoms with Crippen molar-refractivity contribution in [2.45, 2.75) is 6.42 Å². The molecule has 18 heavy (non-hydrogen) atoms. The molecule has 0 radical (unpaired) electrons. The second-order valence-corrected chi connectivity index (χ2v) is 4.64. The van der Waals surface area contributed by atoms with Crippen LogP contribution in [0, 0.1) is 11.3 Å². The Balaban J connectivity index is 2.40. The van der Waals surface area contributed by atoms with E-state index in [1.165, 1.54) is 0 Å². The van der Waals surface area contributed by atoms with Gasteiger partial charge >= 0.3 is 0 Å². The van der Waals surface area contributed by atoms with Crippen molar-refractivity contribution in [3.8, 4) is 6.07 Å². The lowest BCUT2D eigenvalue weighted by atomic mass is 10.1. The van der Waals surface area contributed by atoms with Crippen molar-refractivity contribution in [1.82, 2.24) is 15.3 Å². The Morgan fingerprint density at radius 2 is 2.39 bits per heavy atom. The molecule has 0 saturated carbocycles. The molecule has 1 aliphatic heterocycles. The molecule has 6 heteroatoms. The summed E-state index contributed by atoms with van der Waals surface area (Å²) in [6.45, 7) is 0. The predicted octanol–water partition coefficient (Wildman–Crippen LogP) is 2.93. The number of nitrogens with zero attached hydrogens (tertiary/aromatic N) is 3. The van der Waals surface area contributed by atoms with Crippen molar-refractivity contribution >= 4 is 33.6 Å². The van der Waals surface area contributed by atoms with Crippen molar-refractivity contribution in [1.29, 1.82) is 5.26 Å². The average Bonchev–Trinajstić information content (AvgIpc) is 2.35. The van der Waals surface area contributed by atoms with Crippen molar-refractivity contribution in [3.63, 3.8) is 0 Å². The zero-order chi connectivity index (χ0) is 13.0. The van der Waals surface area contributed by atoms with E-state index in [9.17, 15) is 0 Å². The van der Waals surface area contributed by atoms with E-state index in [1.807, 2.05) is 24.4 Å². The third-order valence-corrected chi connectivity index (χ3v) is 3.13. The molecule has 0 unspecified atom stereocenters. The van der Waals surface area contributed by atoms with Gasteiger partial charge in [-0.1, -0.05) is 0 Å². The number of aromatic nitrogens is 2. The Morgan fingerprint density at radius 3 is 3.11 bits per heavy atom. The maximum absolute atomic E-state index is 8.77. The van der Waals surface area contributed by atoms with Crippen LogP contribution in [0.2, 0.25) is 5.28 Å². The third-order valence-electron chi connectivity index (χ3n) is 2.25. The first-order valence-corrected chi connectivity index (χ1v) is 6.27. The molecular weight excluding hydrogens is 316 g/mol. The fraction of sp³-hybridized carbons (Fsp3) is 0.0833.